The van der Waals surface area contributed by atoms with Crippen LogP contribution in [0.15, 0.2) is 0 Å². The Hall–Kier alpha value is -0.0800. The maximum absolute atomic E-state index is 2.56. The summed E-state index contributed by atoms with van der Waals surface area (Å²) in [6.45, 7) is 17.2. The van der Waals surface area contributed by atoms with Gasteiger partial charge in [0, 0.05) is 24.7 Å². The number of hydrogen-bond donors (Lipinski definition) is 0. The molecule has 0 unspecified atom stereocenters. The summed E-state index contributed by atoms with van der Waals surface area (Å²) in [5.74, 6) is 0. The molecule has 0 rings (SSSR count). The monoisotopic (exact) mass is 214 g/mol. The van der Waals surface area contributed by atoms with Crippen molar-refractivity contribution < 1.29 is 0 Å². The zero-order chi connectivity index (χ0) is 12.1. The van der Waals surface area contributed by atoms with E-state index in [4.69, 9.17) is 0 Å². The van der Waals surface area contributed by atoms with E-state index in [1.807, 2.05) is 0 Å². The lowest BCUT2D eigenvalue weighted by Crippen LogP contribution is -2.44. The van der Waals surface area contributed by atoms with Crippen LogP contribution in [-0.4, -0.2) is 48.1 Å². The smallest absolute Gasteiger partial charge is 0.0122 e. The van der Waals surface area contributed by atoms with Gasteiger partial charge >= 0.3 is 0 Å². The molecular weight excluding hydrogens is 184 g/mol. The molecule has 0 aliphatic carbocycles. The van der Waals surface area contributed by atoms with Crippen molar-refractivity contribution in [3.63, 3.8) is 0 Å². The van der Waals surface area contributed by atoms with Crippen molar-refractivity contribution in [3.8, 4) is 0 Å². The molecule has 0 N–H and O–H groups in total. The first-order chi connectivity index (χ1) is 6.79. The minimum absolute atomic E-state index is 0.287. The zero-order valence-corrected chi connectivity index (χ0v) is 11.8. The average molecular weight is 214 g/mol. The molecular formula is C13H30N2. The van der Waals surface area contributed by atoms with Crippen molar-refractivity contribution in [2.45, 2.75) is 59.5 Å². The molecule has 0 heterocycles. The quantitative estimate of drug-likeness (QED) is 0.671. The lowest BCUT2D eigenvalue weighted by atomic mass is 10.1. The predicted octanol–water partition coefficient (Wildman–Crippen LogP) is 2.84. The Balaban J connectivity index is 3.99. The fraction of sp³-hybridized carbons (Fsp3) is 1.00. The van der Waals surface area contributed by atoms with Gasteiger partial charge in [0.1, 0.15) is 0 Å². The van der Waals surface area contributed by atoms with Crippen LogP contribution in [0.1, 0.15) is 48.0 Å². The summed E-state index contributed by atoms with van der Waals surface area (Å²) < 4.78 is 0. The number of hydrogen-bond acceptors (Lipinski definition) is 2. The molecule has 15 heavy (non-hydrogen) atoms. The van der Waals surface area contributed by atoms with Crippen LogP contribution < -0.4 is 0 Å². The fourth-order valence-corrected chi connectivity index (χ4v) is 1.53. The third-order valence-corrected chi connectivity index (χ3v) is 3.11. The molecule has 0 bridgehead atoms. The summed E-state index contributed by atoms with van der Waals surface area (Å²) in [6, 6.07) is 0.665. The maximum atomic E-state index is 2.56. The van der Waals surface area contributed by atoms with Gasteiger partial charge in [-0.15, -0.1) is 0 Å². The van der Waals surface area contributed by atoms with E-state index in [1.54, 1.807) is 0 Å². The molecule has 0 atom stereocenters. The SMILES string of the molecule is CCCN(CCN(C)C(C)(C)C)C(C)C. The highest BCUT2D eigenvalue weighted by Gasteiger charge is 2.17. The van der Waals surface area contributed by atoms with Gasteiger partial charge in [-0.3, -0.25) is 4.90 Å². The third kappa shape index (κ3) is 6.16. The molecule has 92 valence electrons. The van der Waals surface area contributed by atoms with E-state index in [1.165, 1.54) is 19.5 Å². The Kier molecular flexibility index (Phi) is 6.46. The molecule has 0 saturated carbocycles. The van der Waals surface area contributed by atoms with Crippen molar-refractivity contribution in [1.29, 1.82) is 0 Å². The van der Waals surface area contributed by atoms with Gasteiger partial charge in [-0.1, -0.05) is 6.92 Å². The van der Waals surface area contributed by atoms with Gasteiger partial charge in [0.2, 0.25) is 0 Å². The van der Waals surface area contributed by atoms with E-state index in [0.717, 1.165) is 6.54 Å². The van der Waals surface area contributed by atoms with Crippen molar-refractivity contribution in [2.75, 3.05) is 26.7 Å². The average Bonchev–Trinajstić information content (AvgIpc) is 2.09. The number of nitrogens with zero attached hydrogens (tertiary/aromatic N) is 2. The number of rotatable bonds is 6. The first-order valence-electron chi connectivity index (χ1n) is 6.24. The molecule has 2 heteroatoms. The minimum Gasteiger partial charge on any atom is -0.300 e. The van der Waals surface area contributed by atoms with E-state index >= 15 is 0 Å². The van der Waals surface area contributed by atoms with Gasteiger partial charge in [-0.2, -0.15) is 0 Å². The van der Waals surface area contributed by atoms with Crippen LogP contribution in [0.25, 0.3) is 0 Å². The van der Waals surface area contributed by atoms with Crippen LogP contribution in [0, 0.1) is 0 Å². The molecule has 0 aromatic rings. The van der Waals surface area contributed by atoms with Crippen LogP contribution >= 0.6 is 0 Å². The molecule has 0 aliphatic rings. The predicted molar refractivity (Wildman–Crippen MR) is 69.4 cm³/mol. The molecule has 0 aliphatic heterocycles. The van der Waals surface area contributed by atoms with Gasteiger partial charge in [-0.05, 0) is 54.6 Å². The van der Waals surface area contributed by atoms with Crippen LogP contribution in [0.2, 0.25) is 0 Å². The Morgan fingerprint density at radius 2 is 1.53 bits per heavy atom. The summed E-state index contributed by atoms with van der Waals surface area (Å²) in [5, 5.41) is 0. The van der Waals surface area contributed by atoms with Crippen molar-refractivity contribution in [2.24, 2.45) is 0 Å². The lowest BCUT2D eigenvalue weighted by molar-refractivity contribution is 0.132. The highest BCUT2D eigenvalue weighted by atomic mass is 15.2. The molecule has 0 amide bonds. The highest BCUT2D eigenvalue weighted by Crippen LogP contribution is 2.10. The van der Waals surface area contributed by atoms with Crippen LogP contribution in [0.3, 0.4) is 0 Å². The summed E-state index contributed by atoms with van der Waals surface area (Å²) in [5.41, 5.74) is 0.287. The van der Waals surface area contributed by atoms with Crippen LogP contribution in [0.4, 0.5) is 0 Å². The largest absolute Gasteiger partial charge is 0.300 e. The first kappa shape index (κ1) is 14.9. The summed E-state index contributed by atoms with van der Waals surface area (Å²) in [6.07, 6.45) is 1.25. The first-order valence-corrected chi connectivity index (χ1v) is 6.24. The van der Waals surface area contributed by atoms with E-state index < -0.39 is 0 Å². The fourth-order valence-electron chi connectivity index (χ4n) is 1.53. The van der Waals surface area contributed by atoms with E-state index in [9.17, 15) is 0 Å². The molecule has 2 nitrogen and oxygen atoms in total. The van der Waals surface area contributed by atoms with Crippen molar-refractivity contribution >= 4 is 0 Å². The summed E-state index contributed by atoms with van der Waals surface area (Å²) >= 11 is 0. The molecule has 0 spiro atoms. The lowest BCUT2D eigenvalue weighted by Gasteiger charge is -2.35. The summed E-state index contributed by atoms with van der Waals surface area (Å²) in [7, 11) is 2.21. The second kappa shape index (κ2) is 6.49. The highest BCUT2D eigenvalue weighted by molar-refractivity contribution is 4.74. The standard InChI is InChI=1S/C13H30N2/c1-8-9-15(12(2)3)11-10-14(7)13(4,5)6/h12H,8-11H2,1-7H3. The summed E-state index contributed by atoms with van der Waals surface area (Å²) in [4.78, 5) is 4.99. The molecule has 0 saturated heterocycles. The Morgan fingerprint density at radius 1 is 1.00 bits per heavy atom. The van der Waals surface area contributed by atoms with E-state index in [0.29, 0.717) is 6.04 Å². The molecule has 0 fully saturated rings. The second-order valence-electron chi connectivity index (χ2n) is 5.72. The minimum atomic E-state index is 0.287. The Labute approximate surface area is 96.6 Å². The topological polar surface area (TPSA) is 6.48 Å². The number of likely N-dealkylation sites (N-methyl/N-ethyl adjacent to an activating group) is 1. The van der Waals surface area contributed by atoms with Crippen molar-refractivity contribution in [1.82, 2.24) is 9.80 Å². The van der Waals surface area contributed by atoms with Crippen LogP contribution in [-0.2, 0) is 0 Å². The molecule has 0 radical (unpaired) electrons. The van der Waals surface area contributed by atoms with Gasteiger partial charge in [0.15, 0.2) is 0 Å². The van der Waals surface area contributed by atoms with Gasteiger partial charge in [-0.25, -0.2) is 0 Å². The zero-order valence-electron chi connectivity index (χ0n) is 11.8. The van der Waals surface area contributed by atoms with Gasteiger partial charge in [0.25, 0.3) is 0 Å². The Morgan fingerprint density at radius 3 is 1.87 bits per heavy atom. The normalized spacial score (nSPS) is 13.2. The van der Waals surface area contributed by atoms with Gasteiger partial charge in [0.05, 0.1) is 0 Å². The second-order valence-corrected chi connectivity index (χ2v) is 5.72. The molecule has 0 aromatic carbocycles. The maximum Gasteiger partial charge on any atom is 0.0122 e. The van der Waals surface area contributed by atoms with Crippen molar-refractivity contribution in [3.05, 3.63) is 0 Å². The molecule has 0 aromatic heterocycles. The third-order valence-electron chi connectivity index (χ3n) is 3.11. The van der Waals surface area contributed by atoms with Gasteiger partial charge < -0.3 is 4.90 Å². The van der Waals surface area contributed by atoms with E-state index in [2.05, 4.69) is 58.4 Å². The Bertz CT molecular complexity index is 158. The van der Waals surface area contributed by atoms with E-state index in [-0.39, 0.29) is 5.54 Å². The van der Waals surface area contributed by atoms with Crippen LogP contribution in [0.5, 0.6) is 0 Å².